The van der Waals surface area contributed by atoms with Crippen molar-refractivity contribution >= 4 is 34.4 Å². The summed E-state index contributed by atoms with van der Waals surface area (Å²) in [5.41, 5.74) is 1.85. The van der Waals surface area contributed by atoms with Crippen LogP contribution in [0.25, 0.3) is 33.4 Å². The molecule has 0 spiro atoms. The van der Waals surface area contributed by atoms with Crippen LogP contribution in [0.2, 0.25) is 0 Å². The molecule has 0 fully saturated rings. The summed E-state index contributed by atoms with van der Waals surface area (Å²) in [6.45, 7) is 5.86. The first-order chi connectivity index (χ1) is 20.0. The average molecular weight is 567 g/mol. The van der Waals surface area contributed by atoms with Crippen molar-refractivity contribution in [1.29, 1.82) is 5.26 Å². The number of aryl methyl sites for hydroxylation is 1. The van der Waals surface area contributed by atoms with Gasteiger partial charge in [-0.15, -0.1) is 0 Å². The van der Waals surface area contributed by atoms with Crippen LogP contribution in [0, 0.1) is 17.1 Å². The Hall–Kier alpha value is -5.64. The number of anilines is 3. The maximum absolute atomic E-state index is 14.9. The third-order valence-electron chi connectivity index (χ3n) is 6.50. The Labute approximate surface area is 239 Å². The summed E-state index contributed by atoms with van der Waals surface area (Å²) in [6, 6.07) is 10.2. The molecular weight excluding hydrogens is 539 g/mol. The first-order valence-electron chi connectivity index (χ1n) is 12.9. The highest BCUT2D eigenvalue weighted by Gasteiger charge is 2.21. The lowest BCUT2D eigenvalue weighted by Gasteiger charge is -2.18. The molecule has 1 aromatic carbocycles. The van der Waals surface area contributed by atoms with E-state index >= 15 is 0 Å². The van der Waals surface area contributed by atoms with Gasteiger partial charge >= 0.3 is 6.03 Å². The number of hydrogen-bond acceptors (Lipinski definition) is 8. The molecule has 0 aliphatic carbocycles. The molecule has 0 aliphatic heterocycles. The molecular formula is C29H27FN10O2. The number of rotatable bonds is 5. The minimum absolute atomic E-state index is 0.126. The quantitative estimate of drug-likeness (QED) is 0.276. The molecule has 212 valence electrons. The lowest BCUT2D eigenvalue weighted by molar-refractivity contribution is 0.262. The first kappa shape index (κ1) is 27.9. The van der Waals surface area contributed by atoms with Crippen LogP contribution in [0.4, 0.5) is 26.5 Å². The number of benzene rings is 1. The minimum atomic E-state index is -0.721. The Bertz CT molecular complexity index is 1930. The first-order valence-corrected chi connectivity index (χ1v) is 12.9. The number of aromatic nitrogens is 6. The molecule has 0 atom stereocenters. The molecule has 42 heavy (non-hydrogen) atoms. The predicted molar refractivity (Wildman–Crippen MR) is 158 cm³/mol. The van der Waals surface area contributed by atoms with Gasteiger partial charge in [0.05, 0.1) is 16.9 Å². The Morgan fingerprint density at radius 3 is 2.43 bits per heavy atom. The molecule has 2 amide bonds. The van der Waals surface area contributed by atoms with Crippen molar-refractivity contribution in [1.82, 2.24) is 29.3 Å². The molecule has 0 radical (unpaired) electrons. The fourth-order valence-corrected chi connectivity index (χ4v) is 4.26. The maximum Gasteiger partial charge on any atom is 0.323 e. The van der Waals surface area contributed by atoms with Gasteiger partial charge in [0.15, 0.2) is 0 Å². The Morgan fingerprint density at radius 2 is 1.76 bits per heavy atom. The Kier molecular flexibility index (Phi) is 7.13. The van der Waals surface area contributed by atoms with Crippen LogP contribution in [0.1, 0.15) is 26.5 Å². The molecule has 4 heterocycles. The number of carbonyl (C=O) groups excluding carboxylic acids is 1. The lowest BCUT2D eigenvalue weighted by Crippen LogP contribution is -2.22. The van der Waals surface area contributed by atoms with Crippen LogP contribution in [0.15, 0.2) is 59.8 Å². The molecule has 12 nitrogen and oxygen atoms in total. The van der Waals surface area contributed by atoms with Gasteiger partial charge in [0.2, 0.25) is 5.95 Å². The molecule has 0 bridgehead atoms. The number of carbonyl (C=O) groups is 1. The van der Waals surface area contributed by atoms with Gasteiger partial charge in [0.1, 0.15) is 28.9 Å². The van der Waals surface area contributed by atoms with Crippen molar-refractivity contribution in [2.45, 2.75) is 26.3 Å². The van der Waals surface area contributed by atoms with Crippen molar-refractivity contribution in [2.24, 2.45) is 7.05 Å². The SMILES string of the molecule is CNc1ncc2cc(-c3ccc(F)c(NC(=O)Nc4cn(C(C)(C)C)nc4-c4ccc(C#N)nc4)c3)c(=O)n(C)c2n1. The molecule has 0 saturated carbocycles. The van der Waals surface area contributed by atoms with Crippen molar-refractivity contribution in [3.8, 4) is 28.5 Å². The van der Waals surface area contributed by atoms with E-state index in [0.29, 0.717) is 39.5 Å². The minimum Gasteiger partial charge on any atom is -0.357 e. The molecule has 5 rings (SSSR count). The smallest absolute Gasteiger partial charge is 0.323 e. The van der Waals surface area contributed by atoms with Gasteiger partial charge in [0.25, 0.3) is 5.56 Å². The number of urea groups is 1. The second-order valence-electron chi connectivity index (χ2n) is 10.5. The topological polar surface area (TPSA) is 155 Å². The van der Waals surface area contributed by atoms with E-state index in [4.69, 9.17) is 5.26 Å². The third kappa shape index (κ3) is 5.37. The molecule has 0 saturated heterocycles. The zero-order chi connectivity index (χ0) is 30.2. The summed E-state index contributed by atoms with van der Waals surface area (Å²) in [5.74, 6) is -0.313. The van der Waals surface area contributed by atoms with Gasteiger partial charge in [0, 0.05) is 49.2 Å². The summed E-state index contributed by atoms with van der Waals surface area (Å²) in [4.78, 5) is 39.0. The van der Waals surface area contributed by atoms with E-state index in [1.165, 1.54) is 29.0 Å². The summed E-state index contributed by atoms with van der Waals surface area (Å²) < 4.78 is 18.0. The molecule has 13 heteroatoms. The van der Waals surface area contributed by atoms with Crippen LogP contribution in [0.5, 0.6) is 0 Å². The largest absolute Gasteiger partial charge is 0.357 e. The number of amides is 2. The normalized spacial score (nSPS) is 11.3. The number of nitrogens with one attached hydrogen (secondary N) is 3. The lowest BCUT2D eigenvalue weighted by atomic mass is 10.1. The van der Waals surface area contributed by atoms with Gasteiger partial charge in [-0.1, -0.05) is 6.07 Å². The molecule has 4 aromatic heterocycles. The average Bonchev–Trinajstić information content (AvgIpc) is 3.40. The van der Waals surface area contributed by atoms with E-state index in [1.54, 1.807) is 49.4 Å². The molecule has 3 N–H and O–H groups in total. The van der Waals surface area contributed by atoms with E-state index in [2.05, 4.69) is 36.0 Å². The number of nitrogens with zero attached hydrogens (tertiary/aromatic N) is 7. The monoisotopic (exact) mass is 566 g/mol. The van der Waals surface area contributed by atoms with Crippen LogP contribution in [0.3, 0.4) is 0 Å². The van der Waals surface area contributed by atoms with Gasteiger partial charge in [-0.3, -0.25) is 14.0 Å². The number of halogens is 1. The van der Waals surface area contributed by atoms with Crippen LogP contribution in [-0.2, 0) is 12.6 Å². The van der Waals surface area contributed by atoms with Crippen LogP contribution in [-0.4, -0.2) is 42.4 Å². The highest BCUT2D eigenvalue weighted by molar-refractivity contribution is 6.02. The number of hydrogen-bond donors (Lipinski definition) is 3. The van der Waals surface area contributed by atoms with Crippen LogP contribution >= 0.6 is 0 Å². The van der Waals surface area contributed by atoms with Crippen LogP contribution < -0.4 is 21.5 Å². The zero-order valence-corrected chi connectivity index (χ0v) is 23.5. The highest BCUT2D eigenvalue weighted by Crippen LogP contribution is 2.30. The number of pyridine rings is 2. The maximum atomic E-state index is 14.9. The Morgan fingerprint density at radius 1 is 1.02 bits per heavy atom. The van der Waals surface area contributed by atoms with Gasteiger partial charge in [-0.2, -0.15) is 15.3 Å². The third-order valence-corrected chi connectivity index (χ3v) is 6.50. The van der Waals surface area contributed by atoms with E-state index in [9.17, 15) is 14.0 Å². The van der Waals surface area contributed by atoms with Crippen molar-refractivity contribution in [3.63, 3.8) is 0 Å². The predicted octanol–water partition coefficient (Wildman–Crippen LogP) is 4.71. The van der Waals surface area contributed by atoms with E-state index in [1.807, 2.05) is 26.8 Å². The van der Waals surface area contributed by atoms with E-state index < -0.39 is 17.4 Å². The van der Waals surface area contributed by atoms with E-state index in [-0.39, 0.29) is 22.5 Å². The fourth-order valence-electron chi connectivity index (χ4n) is 4.26. The molecule has 0 unspecified atom stereocenters. The highest BCUT2D eigenvalue weighted by atomic mass is 19.1. The Balaban J connectivity index is 1.46. The fraction of sp³-hybridized carbons (Fsp3) is 0.207. The second kappa shape index (κ2) is 10.7. The van der Waals surface area contributed by atoms with E-state index in [0.717, 1.165) is 0 Å². The summed E-state index contributed by atoms with van der Waals surface area (Å²) in [7, 11) is 3.27. The standard InChI is InChI=1S/C29H27FN10O2/c1-29(2,3)40-15-23(24(38-40)17-6-8-19(12-31)33-13-17)36-28(42)35-22-11-16(7-9-21(22)30)20-10-18-14-34-27(32-4)37-25(18)39(5)26(20)41/h6-11,13-15H,1-5H3,(H,32,34,37)(H2,35,36,42). The van der Waals surface area contributed by atoms with Gasteiger partial charge in [-0.25, -0.2) is 19.2 Å². The van der Waals surface area contributed by atoms with Gasteiger partial charge < -0.3 is 16.0 Å². The zero-order valence-electron chi connectivity index (χ0n) is 23.5. The number of fused-ring (bicyclic) bond motifs is 1. The van der Waals surface area contributed by atoms with Gasteiger partial charge in [-0.05, 0) is 56.7 Å². The summed E-state index contributed by atoms with van der Waals surface area (Å²) in [6.07, 6.45) is 4.75. The van der Waals surface area contributed by atoms with Crippen molar-refractivity contribution in [3.05, 3.63) is 76.9 Å². The summed E-state index contributed by atoms with van der Waals surface area (Å²) >= 11 is 0. The summed E-state index contributed by atoms with van der Waals surface area (Å²) in [5, 5.41) is 22.4. The molecule has 5 aromatic rings. The van der Waals surface area contributed by atoms with Crippen molar-refractivity contribution < 1.29 is 9.18 Å². The molecule has 0 aliphatic rings. The second-order valence-corrected chi connectivity index (χ2v) is 10.5. The van der Waals surface area contributed by atoms with Crippen molar-refractivity contribution in [2.75, 3.05) is 23.0 Å². The number of nitriles is 1.